The van der Waals surface area contributed by atoms with Gasteiger partial charge in [-0.25, -0.2) is 15.0 Å². The third-order valence-electron chi connectivity index (χ3n) is 15.6. The first-order valence-electron chi connectivity index (χ1n) is 32.1. The van der Waals surface area contributed by atoms with Crippen LogP contribution in [0.1, 0.15) is 207 Å². The maximum absolute atomic E-state index is 12.2. The Bertz CT molecular complexity index is 3600. The maximum Gasteiger partial charge on any atom is 0.305 e. The van der Waals surface area contributed by atoms with Crippen LogP contribution in [0.2, 0.25) is 0 Å². The fraction of sp³-hybridized carbons (Fsp3) is 0.536. The molecule has 0 radical (unpaired) electrons. The van der Waals surface area contributed by atoms with E-state index in [0.717, 1.165) is 73.2 Å². The number of fused-ring (bicyclic) bond motifs is 2. The zero-order chi connectivity index (χ0) is 63.2. The summed E-state index contributed by atoms with van der Waals surface area (Å²) in [7, 11) is 0. The molecule has 0 fully saturated rings. The molecule has 19 heteroatoms. The first kappa shape index (κ1) is 67.5. The van der Waals surface area contributed by atoms with E-state index in [4.69, 9.17) is 38.6 Å². The Kier molecular flexibility index (Phi) is 25.2. The van der Waals surface area contributed by atoms with Crippen LogP contribution in [0, 0.1) is 13.8 Å². The highest BCUT2D eigenvalue weighted by Crippen LogP contribution is 2.39. The Balaban J connectivity index is 0.000000293. The number of aryl methyl sites for hydroxylation is 2. The summed E-state index contributed by atoms with van der Waals surface area (Å²) in [5, 5.41) is 50.3. The number of nitrogens with zero attached hydrogens (tertiary/aromatic N) is 11. The molecule has 88 heavy (non-hydrogen) atoms. The second-order valence-electron chi connectivity index (χ2n) is 24.3. The van der Waals surface area contributed by atoms with Crippen molar-refractivity contribution in [3.8, 4) is 68.7 Å². The van der Waals surface area contributed by atoms with Gasteiger partial charge in [0.15, 0.2) is 40.4 Å². The molecule has 0 saturated carbocycles. The minimum atomic E-state index is -0.585. The number of benzene rings is 3. The van der Waals surface area contributed by atoms with E-state index >= 15 is 0 Å². The van der Waals surface area contributed by atoms with Gasteiger partial charge in [0, 0.05) is 35.1 Å². The predicted octanol–water partition coefficient (Wildman–Crippen LogP) is 13.9. The van der Waals surface area contributed by atoms with Gasteiger partial charge in [0.1, 0.15) is 47.7 Å². The van der Waals surface area contributed by atoms with Gasteiger partial charge in [-0.2, -0.15) is 19.2 Å². The van der Waals surface area contributed by atoms with Gasteiger partial charge >= 0.3 is 5.97 Å². The number of phenolic OH excluding ortho intramolecular Hbond substituents is 2. The zero-order valence-electron chi connectivity index (χ0n) is 54.1. The number of carbonyl (C=O) groups excluding carboxylic acids is 1. The fourth-order valence-electron chi connectivity index (χ4n) is 9.94. The lowest BCUT2D eigenvalue weighted by Crippen LogP contribution is -2.29. The molecule has 0 spiro atoms. The van der Waals surface area contributed by atoms with Crippen molar-refractivity contribution in [3.05, 3.63) is 88.1 Å². The highest BCUT2D eigenvalue weighted by atomic mass is 16.5. The smallest absolute Gasteiger partial charge is 0.305 e. The molecule has 0 aliphatic heterocycles. The van der Waals surface area contributed by atoms with E-state index in [9.17, 15) is 15.0 Å². The van der Waals surface area contributed by atoms with Crippen molar-refractivity contribution in [2.24, 2.45) is 0 Å². The number of unbranched alkanes of at least 4 members (excludes halogenated alkanes) is 15. The molecule has 0 unspecified atom stereocenters. The molecular formula is C69H95N11O8. The van der Waals surface area contributed by atoms with E-state index in [-0.39, 0.29) is 42.3 Å². The van der Waals surface area contributed by atoms with Crippen molar-refractivity contribution in [2.45, 2.75) is 208 Å². The van der Waals surface area contributed by atoms with Gasteiger partial charge in [-0.3, -0.25) is 4.79 Å². The van der Waals surface area contributed by atoms with Gasteiger partial charge in [0.05, 0.1) is 58.7 Å². The largest absolute Gasteiger partial charge is 0.507 e. The first-order valence-corrected chi connectivity index (χ1v) is 32.1. The zero-order valence-corrected chi connectivity index (χ0v) is 54.1. The summed E-state index contributed by atoms with van der Waals surface area (Å²) in [5.41, 5.74) is 3.18. The van der Waals surface area contributed by atoms with Crippen LogP contribution in [0.25, 0.3) is 58.6 Å². The molecule has 474 valence electrons. The first-order chi connectivity index (χ1) is 42.4. The third kappa shape index (κ3) is 18.3. The number of aromatic nitrogens is 11. The number of ether oxygens (including phenoxy) is 5. The summed E-state index contributed by atoms with van der Waals surface area (Å²) in [4.78, 5) is 26.7. The molecule has 2 N–H and O–H groups in total. The highest BCUT2D eigenvalue weighted by molar-refractivity contribution is 5.75. The van der Waals surface area contributed by atoms with Gasteiger partial charge in [0.25, 0.3) is 0 Å². The lowest BCUT2D eigenvalue weighted by atomic mass is 9.94. The highest BCUT2D eigenvalue weighted by Gasteiger charge is 2.32. The summed E-state index contributed by atoms with van der Waals surface area (Å²) in [5.74, 6) is 3.92. The summed E-state index contributed by atoms with van der Waals surface area (Å²) in [6.45, 7) is 30.5. The van der Waals surface area contributed by atoms with Gasteiger partial charge < -0.3 is 33.9 Å². The minimum Gasteiger partial charge on any atom is -0.507 e. The molecule has 0 bridgehead atoms. The molecule has 0 amide bonds. The Labute approximate surface area is 519 Å². The van der Waals surface area contributed by atoms with E-state index in [1.165, 1.54) is 76.7 Å². The third-order valence-corrected chi connectivity index (χ3v) is 15.6. The molecule has 5 heterocycles. The quantitative estimate of drug-likeness (QED) is 0.0275. The van der Waals surface area contributed by atoms with Gasteiger partial charge in [-0.15, -0.1) is 20.4 Å². The maximum atomic E-state index is 12.2. The molecule has 0 saturated heterocycles. The molecule has 8 aromatic rings. The van der Waals surface area contributed by atoms with Crippen molar-refractivity contribution < 1.29 is 38.7 Å². The molecule has 0 aliphatic rings. The minimum absolute atomic E-state index is 0.0553. The lowest BCUT2D eigenvalue weighted by Gasteiger charge is -2.22. The standard InChI is InChI=1S/C43H51N7O6.C26H44N4O2/c1-8-11-20-53-29-14-17-32(35(51)23-29)38-44-39(46-40(45-38)34-19-16-31(54-21-12-9-2)25-37(34)55-22-13-10-3)33-18-15-30(24-36(33)52)56-26-43(6,7)42-48-47-41-27(4)28(5)49-50(41)42;1-6-7-8-9-10-11-12-13-14-15-16-17-18-19-23(31)32-20-26(4,5)25-28-27-24-21(2)22(3)29-30(24)25/h14-19,23-25,51-52H,4,8-13,20-22,26H2,1-3,5-7H3;2,6-20H2,1,3-5H3. The van der Waals surface area contributed by atoms with Gasteiger partial charge in [-0.1, -0.05) is 137 Å². The lowest BCUT2D eigenvalue weighted by molar-refractivity contribution is -0.145. The Morgan fingerprint density at radius 1 is 0.477 bits per heavy atom. The summed E-state index contributed by atoms with van der Waals surface area (Å²) in [6, 6.07) is 15.6. The Morgan fingerprint density at radius 3 is 1.32 bits per heavy atom. The van der Waals surface area contributed by atoms with Gasteiger partial charge in [-0.05, 0) is 104 Å². The van der Waals surface area contributed by atoms with Crippen molar-refractivity contribution in [1.82, 2.24) is 54.6 Å². The average Bonchev–Trinajstić information content (AvgIpc) is 2.24. The molecular weight excluding hydrogens is 1110 g/mol. The number of hydrogen-bond acceptors (Lipinski definition) is 17. The number of esters is 1. The van der Waals surface area contributed by atoms with Crippen LogP contribution < -0.4 is 29.4 Å². The van der Waals surface area contributed by atoms with Crippen LogP contribution in [-0.4, -0.2) is 104 Å². The van der Waals surface area contributed by atoms with E-state index in [1.807, 2.05) is 59.7 Å². The molecule has 0 aliphatic carbocycles. The Morgan fingerprint density at radius 2 is 0.864 bits per heavy atom. The van der Waals surface area contributed by atoms with Crippen molar-refractivity contribution in [1.29, 1.82) is 0 Å². The van der Waals surface area contributed by atoms with E-state index < -0.39 is 10.8 Å². The van der Waals surface area contributed by atoms with Crippen molar-refractivity contribution in [3.63, 3.8) is 0 Å². The topological polar surface area (TPSA) is 229 Å². The van der Waals surface area contributed by atoms with E-state index in [2.05, 4.69) is 71.4 Å². The van der Waals surface area contributed by atoms with Crippen LogP contribution in [0.3, 0.4) is 0 Å². The number of phenols is 2. The second-order valence-corrected chi connectivity index (χ2v) is 24.3. The number of aromatic hydroxyl groups is 2. The predicted molar refractivity (Wildman–Crippen MR) is 346 cm³/mol. The van der Waals surface area contributed by atoms with Gasteiger partial charge in [0.2, 0.25) is 0 Å². The molecule has 19 nitrogen and oxygen atoms in total. The second kappa shape index (κ2) is 32.9. The van der Waals surface area contributed by atoms with E-state index in [0.29, 0.717) is 94.7 Å². The number of carbonyl (C=O) groups is 1. The summed E-state index contributed by atoms with van der Waals surface area (Å²) >= 11 is 0. The molecule has 5 aromatic heterocycles. The van der Waals surface area contributed by atoms with Crippen molar-refractivity contribution in [2.75, 3.05) is 33.0 Å². The van der Waals surface area contributed by atoms with Crippen LogP contribution >= 0.6 is 0 Å². The van der Waals surface area contributed by atoms with Crippen LogP contribution in [0.15, 0.2) is 54.6 Å². The summed E-state index contributed by atoms with van der Waals surface area (Å²) < 4.78 is 33.3. The monoisotopic (exact) mass is 1210 g/mol. The molecule has 0 atom stereocenters. The van der Waals surface area contributed by atoms with Crippen LogP contribution in [0.5, 0.6) is 34.5 Å². The average molecular weight is 1210 g/mol. The number of hydrogen-bond donors (Lipinski definition) is 2. The fourth-order valence-corrected chi connectivity index (χ4v) is 9.94. The van der Waals surface area contributed by atoms with Crippen LogP contribution in [-0.2, 0) is 20.4 Å². The number of rotatable bonds is 36. The van der Waals surface area contributed by atoms with Crippen molar-refractivity contribution >= 4 is 30.4 Å². The SMILES string of the molecule is C=c1c(C)nn2c(C(C)(C)COC(=O)CCCCCCCCCCCCCCC)nnc12.C=c1c(C)nn2c(C(C)(C)COc3ccc(-c4nc(-c5ccc(OCCCC)cc5O)nc(-c5ccc(OCCCC)cc5OCCCC)n4)c(O)c3)nnc12. The summed E-state index contributed by atoms with van der Waals surface area (Å²) in [6.07, 6.45) is 23.0. The van der Waals surface area contributed by atoms with E-state index in [1.54, 1.807) is 39.4 Å². The normalized spacial score (nSPS) is 11.8. The molecule has 8 rings (SSSR count). The van der Waals surface area contributed by atoms with Crippen LogP contribution in [0.4, 0.5) is 0 Å². The molecule has 3 aromatic carbocycles. The Hall–Kier alpha value is -7.96.